The minimum absolute atomic E-state index is 0.0000133. The van der Waals surface area contributed by atoms with Crippen LogP contribution in [-0.4, -0.2) is 64.7 Å². The lowest BCUT2D eigenvalue weighted by Gasteiger charge is -2.50. The minimum atomic E-state index is -2.72. The van der Waals surface area contributed by atoms with Gasteiger partial charge in [-0.1, -0.05) is 11.6 Å². The van der Waals surface area contributed by atoms with Crippen LogP contribution >= 0.6 is 23.2 Å². The van der Waals surface area contributed by atoms with Crippen molar-refractivity contribution in [2.24, 2.45) is 17.8 Å². The van der Waals surface area contributed by atoms with E-state index in [1.165, 1.54) is 33.4 Å². The Morgan fingerprint density at radius 3 is 1.91 bits per heavy atom. The number of fused-ring (bicyclic) bond motifs is 4. The third-order valence-corrected chi connectivity index (χ3v) is 10.7. The Kier molecular flexibility index (Phi) is 6.94. The smallest absolute Gasteiger partial charge is 0.258 e. The quantitative estimate of drug-likeness (QED) is 0.129. The van der Waals surface area contributed by atoms with Crippen molar-refractivity contribution in [3.63, 3.8) is 0 Å². The number of hydrogen-bond donors (Lipinski definition) is 1. The number of amides is 4. The number of halogens is 7. The summed E-state index contributed by atoms with van der Waals surface area (Å²) in [5, 5.41) is 10.6. The van der Waals surface area contributed by atoms with Gasteiger partial charge in [0.15, 0.2) is 44.5 Å². The molecule has 0 aromatic heterocycles. The first-order chi connectivity index (χ1) is 21.1. The Labute approximate surface area is 261 Å². The van der Waals surface area contributed by atoms with Gasteiger partial charge in [-0.05, 0) is 36.5 Å². The van der Waals surface area contributed by atoms with Crippen LogP contribution < -0.4 is 14.4 Å². The van der Waals surface area contributed by atoms with E-state index in [1.807, 2.05) is 0 Å². The highest BCUT2D eigenvalue weighted by molar-refractivity contribution is 6.58. The highest BCUT2D eigenvalue weighted by atomic mass is 35.5. The summed E-state index contributed by atoms with van der Waals surface area (Å²) in [6.07, 6.45) is 0.920. The van der Waals surface area contributed by atoms with Crippen LogP contribution in [0.3, 0.4) is 0 Å². The lowest BCUT2D eigenvalue weighted by molar-refractivity contribution is -0.138. The fourth-order valence-corrected chi connectivity index (χ4v) is 8.11. The zero-order valence-corrected chi connectivity index (χ0v) is 24.9. The number of nitrogens with zero attached hydrogens (tertiary/aromatic N) is 2. The van der Waals surface area contributed by atoms with E-state index in [0.717, 1.165) is 4.90 Å². The van der Waals surface area contributed by atoms with E-state index in [-0.39, 0.29) is 34.0 Å². The number of rotatable bonds is 4. The number of phenols is 1. The van der Waals surface area contributed by atoms with Crippen molar-refractivity contribution in [1.29, 1.82) is 0 Å². The number of likely N-dealkylation sites (tertiary alicyclic amines) is 1. The van der Waals surface area contributed by atoms with Crippen LogP contribution in [0.2, 0.25) is 0 Å². The number of phenolic OH excluding ortho intramolecular Hbond substituents is 1. The van der Waals surface area contributed by atoms with Gasteiger partial charge in [0.25, 0.3) is 11.8 Å². The molecular weight excluding hydrogens is 654 g/mol. The largest absolute Gasteiger partial charge is 0.502 e. The average Bonchev–Trinajstić information content (AvgIpc) is 3.33. The molecule has 2 aromatic rings. The van der Waals surface area contributed by atoms with Gasteiger partial charge in [-0.3, -0.25) is 24.1 Å². The summed E-state index contributed by atoms with van der Waals surface area (Å²) in [6, 6.07) is 2.46. The number of aromatic hydroxyl groups is 1. The van der Waals surface area contributed by atoms with Gasteiger partial charge in [-0.25, -0.2) is 26.9 Å². The molecular formula is C29H21Cl2F5N2O7. The van der Waals surface area contributed by atoms with Crippen molar-refractivity contribution in [2.75, 3.05) is 26.2 Å². The standard InChI is InChI=1S/C29H21Cl2F5N2O7/c1-37-24(40)11-5-4-10-12(15(11)25(37)41)8-28(30)26(42)38(22-20(35)18(33)17(32)19(34)21(22)36)27(43)29(28,31)16(10)9-6-13(44-2)23(39)14(7-9)45-3/h4,6-7,11-12,15-16,39H,5,8H2,1-3H3. The van der Waals surface area contributed by atoms with Crippen molar-refractivity contribution < 1.29 is 55.7 Å². The van der Waals surface area contributed by atoms with Crippen LogP contribution in [0.1, 0.15) is 24.3 Å². The molecule has 16 heteroatoms. The van der Waals surface area contributed by atoms with Gasteiger partial charge in [0.1, 0.15) is 5.69 Å². The van der Waals surface area contributed by atoms with E-state index < -0.39 is 104 Å². The van der Waals surface area contributed by atoms with Crippen molar-refractivity contribution >= 4 is 52.5 Å². The maximum Gasteiger partial charge on any atom is 0.258 e. The number of allylic oxidation sites excluding steroid dienone is 2. The highest BCUT2D eigenvalue weighted by Crippen LogP contribution is 2.66. The maximum atomic E-state index is 15.1. The predicted octanol–water partition coefficient (Wildman–Crippen LogP) is 4.30. The van der Waals surface area contributed by atoms with E-state index in [9.17, 15) is 37.5 Å². The highest BCUT2D eigenvalue weighted by Gasteiger charge is 2.77. The summed E-state index contributed by atoms with van der Waals surface area (Å²) in [4.78, 5) is 49.9. The molecule has 1 saturated carbocycles. The van der Waals surface area contributed by atoms with Gasteiger partial charge >= 0.3 is 0 Å². The molecule has 6 rings (SSSR count). The topological polar surface area (TPSA) is 113 Å². The zero-order chi connectivity index (χ0) is 33.1. The molecule has 9 nitrogen and oxygen atoms in total. The maximum absolute atomic E-state index is 15.1. The summed E-state index contributed by atoms with van der Waals surface area (Å²) >= 11 is 14.1. The Morgan fingerprint density at radius 2 is 1.38 bits per heavy atom. The molecule has 45 heavy (non-hydrogen) atoms. The van der Waals surface area contributed by atoms with Gasteiger partial charge in [0.2, 0.25) is 23.4 Å². The summed E-state index contributed by atoms with van der Waals surface area (Å²) in [7, 11) is 3.67. The number of alkyl halides is 2. The number of ether oxygens (including phenoxy) is 2. The summed E-state index contributed by atoms with van der Waals surface area (Å²) in [5.74, 6) is -22.1. The number of benzene rings is 2. The fraction of sp³-hybridized carbons (Fsp3) is 0.379. The molecule has 3 fully saturated rings. The molecule has 1 N–H and O–H groups in total. The van der Waals surface area contributed by atoms with Crippen molar-refractivity contribution in [3.8, 4) is 17.2 Å². The molecule has 2 aliphatic carbocycles. The van der Waals surface area contributed by atoms with Gasteiger partial charge < -0.3 is 14.6 Å². The molecule has 6 unspecified atom stereocenters. The van der Waals surface area contributed by atoms with Crippen LogP contribution in [-0.2, 0) is 19.2 Å². The van der Waals surface area contributed by atoms with Crippen LogP contribution in [0.4, 0.5) is 27.6 Å². The number of anilines is 1. The Balaban J connectivity index is 1.65. The van der Waals surface area contributed by atoms with Gasteiger partial charge in [0, 0.05) is 13.0 Å². The number of methoxy groups -OCH3 is 2. The Hall–Kier alpha value is -3.91. The summed E-state index contributed by atoms with van der Waals surface area (Å²) in [5.41, 5.74) is -1.62. The lowest BCUT2D eigenvalue weighted by Crippen LogP contribution is -2.60. The number of carbonyl (C=O) groups is 4. The van der Waals surface area contributed by atoms with E-state index >= 15 is 8.78 Å². The molecule has 4 aliphatic rings. The second-order valence-corrected chi connectivity index (χ2v) is 12.4. The third-order valence-electron chi connectivity index (χ3n) is 9.28. The SMILES string of the molecule is COc1cc(C2C3=CCC4C(=O)N(C)C(=O)C4C3CC3(Cl)C(=O)N(c4c(F)c(F)c(F)c(F)c4F)C(=O)C23Cl)cc(OC)c1O. The van der Waals surface area contributed by atoms with Gasteiger partial charge in [-0.15, -0.1) is 23.2 Å². The first-order valence-corrected chi connectivity index (χ1v) is 14.1. The molecule has 238 valence electrons. The molecule has 0 bridgehead atoms. The fourth-order valence-electron chi connectivity index (χ4n) is 7.18. The molecule has 4 amide bonds. The van der Waals surface area contributed by atoms with E-state index in [2.05, 4.69) is 0 Å². The number of hydrogen-bond acceptors (Lipinski definition) is 7. The molecule has 0 spiro atoms. The average molecular weight is 675 g/mol. The normalized spacial score (nSPS) is 30.8. The second-order valence-electron chi connectivity index (χ2n) is 11.2. The number of carbonyl (C=O) groups excluding carboxylic acids is 4. The van der Waals surface area contributed by atoms with E-state index in [4.69, 9.17) is 32.7 Å². The van der Waals surface area contributed by atoms with Crippen LogP contribution in [0.25, 0.3) is 0 Å². The first-order valence-electron chi connectivity index (χ1n) is 13.3. The van der Waals surface area contributed by atoms with Crippen LogP contribution in [0.15, 0.2) is 23.8 Å². The summed E-state index contributed by atoms with van der Waals surface area (Å²) in [6.45, 7) is 0. The monoisotopic (exact) mass is 674 g/mol. The number of imide groups is 2. The van der Waals surface area contributed by atoms with E-state index in [0.29, 0.717) is 0 Å². The van der Waals surface area contributed by atoms with Gasteiger partial charge in [-0.2, -0.15) is 0 Å². The van der Waals surface area contributed by atoms with Crippen molar-refractivity contribution in [3.05, 3.63) is 58.4 Å². The second kappa shape index (κ2) is 10.0. The van der Waals surface area contributed by atoms with E-state index in [1.54, 1.807) is 6.08 Å². The molecule has 0 radical (unpaired) electrons. The molecule has 2 heterocycles. The molecule has 6 atom stereocenters. The summed E-state index contributed by atoms with van der Waals surface area (Å²) < 4.78 is 83.2. The minimum Gasteiger partial charge on any atom is -0.502 e. The Bertz CT molecular complexity index is 1740. The molecule has 2 aromatic carbocycles. The predicted molar refractivity (Wildman–Crippen MR) is 145 cm³/mol. The van der Waals surface area contributed by atoms with Crippen molar-refractivity contribution in [2.45, 2.75) is 28.5 Å². The zero-order valence-electron chi connectivity index (χ0n) is 23.4. The van der Waals surface area contributed by atoms with Crippen LogP contribution in [0, 0.1) is 46.8 Å². The Morgan fingerprint density at radius 1 is 0.844 bits per heavy atom. The third kappa shape index (κ3) is 3.72. The molecule has 2 saturated heterocycles. The van der Waals surface area contributed by atoms with Crippen molar-refractivity contribution in [1.82, 2.24) is 4.90 Å². The first kappa shape index (κ1) is 31.1. The van der Waals surface area contributed by atoms with Crippen LogP contribution in [0.5, 0.6) is 17.2 Å². The van der Waals surface area contributed by atoms with Gasteiger partial charge in [0.05, 0.1) is 26.1 Å². The molecule has 2 aliphatic heterocycles. The lowest BCUT2D eigenvalue weighted by atomic mass is 9.56.